The van der Waals surface area contributed by atoms with Crippen LogP contribution in [-0.4, -0.2) is 53.3 Å². The number of rotatable bonds is 4. The molecule has 1 N–H and O–H groups in total. The second kappa shape index (κ2) is 7.35. The Morgan fingerprint density at radius 2 is 2.08 bits per heavy atom. The average molecular weight is 382 g/mol. The zero-order valence-corrected chi connectivity index (χ0v) is 14.5. The third kappa shape index (κ3) is 4.53. The van der Waals surface area contributed by atoms with Gasteiger partial charge in [0, 0.05) is 38.3 Å². The van der Waals surface area contributed by atoms with Crippen LogP contribution in [0.5, 0.6) is 0 Å². The lowest BCUT2D eigenvalue weighted by molar-refractivity contribution is -0.384. The Hall–Kier alpha value is -1.58. The van der Waals surface area contributed by atoms with Crippen molar-refractivity contribution in [3.8, 4) is 0 Å². The van der Waals surface area contributed by atoms with Crippen molar-refractivity contribution in [2.45, 2.75) is 32.2 Å². The standard InChI is InChI=1S/C15H19ClF3N3O3/c1-9-7-20(8-10(2)23)3-4-21(9)13-6-12(16)11(15(17,18)19)5-14(13)22(24)25/h5-6,9-10,23H,3-4,7-8H2,1-2H3. The Kier molecular flexibility index (Phi) is 5.80. The summed E-state index contributed by atoms with van der Waals surface area (Å²) in [5, 5.41) is 20.2. The first-order valence-electron chi connectivity index (χ1n) is 7.73. The summed E-state index contributed by atoms with van der Waals surface area (Å²) in [5.74, 6) is 0. The summed E-state index contributed by atoms with van der Waals surface area (Å²) in [7, 11) is 0. The van der Waals surface area contributed by atoms with Gasteiger partial charge in [0.25, 0.3) is 5.69 Å². The minimum Gasteiger partial charge on any atom is -0.392 e. The Labute approximate surface area is 147 Å². The molecule has 10 heteroatoms. The number of halogens is 4. The summed E-state index contributed by atoms with van der Waals surface area (Å²) >= 11 is 5.74. The van der Waals surface area contributed by atoms with E-state index in [1.807, 2.05) is 11.8 Å². The molecule has 2 rings (SSSR count). The number of nitro benzene ring substituents is 1. The van der Waals surface area contributed by atoms with Gasteiger partial charge in [0.15, 0.2) is 0 Å². The van der Waals surface area contributed by atoms with E-state index < -0.39 is 33.5 Å². The minimum absolute atomic E-state index is 0.0761. The molecule has 1 aliphatic heterocycles. The molecule has 1 aromatic carbocycles. The predicted octanol–water partition coefficient (Wildman–Crippen LogP) is 3.16. The van der Waals surface area contributed by atoms with E-state index in [2.05, 4.69) is 0 Å². The zero-order chi connectivity index (χ0) is 18.9. The van der Waals surface area contributed by atoms with Crippen LogP contribution < -0.4 is 4.90 Å². The topological polar surface area (TPSA) is 69.8 Å². The molecule has 2 unspecified atom stereocenters. The third-order valence-electron chi connectivity index (χ3n) is 4.11. The van der Waals surface area contributed by atoms with Crippen LogP contribution in [0.4, 0.5) is 24.5 Å². The van der Waals surface area contributed by atoms with E-state index in [-0.39, 0.29) is 11.7 Å². The Bertz CT molecular complexity index is 655. The molecule has 6 nitrogen and oxygen atoms in total. The smallest absolute Gasteiger partial charge is 0.392 e. The second-order valence-corrected chi connectivity index (χ2v) is 6.63. The van der Waals surface area contributed by atoms with Crippen molar-refractivity contribution >= 4 is 23.0 Å². The number of benzene rings is 1. The van der Waals surface area contributed by atoms with Gasteiger partial charge >= 0.3 is 6.18 Å². The van der Waals surface area contributed by atoms with Crippen molar-refractivity contribution in [3.05, 3.63) is 32.8 Å². The van der Waals surface area contributed by atoms with Gasteiger partial charge < -0.3 is 10.0 Å². The van der Waals surface area contributed by atoms with Crippen LogP contribution in [0, 0.1) is 10.1 Å². The lowest BCUT2D eigenvalue weighted by Gasteiger charge is -2.41. The molecule has 0 radical (unpaired) electrons. The van der Waals surface area contributed by atoms with Crippen LogP contribution >= 0.6 is 11.6 Å². The Morgan fingerprint density at radius 3 is 2.56 bits per heavy atom. The summed E-state index contributed by atoms with van der Waals surface area (Å²) < 4.78 is 38.9. The first-order chi connectivity index (χ1) is 11.5. The molecule has 0 saturated carbocycles. The monoisotopic (exact) mass is 381 g/mol. The first kappa shape index (κ1) is 19.7. The highest BCUT2D eigenvalue weighted by molar-refractivity contribution is 6.31. The van der Waals surface area contributed by atoms with E-state index in [1.165, 1.54) is 0 Å². The van der Waals surface area contributed by atoms with Gasteiger partial charge in [0.05, 0.1) is 21.6 Å². The molecular weight excluding hydrogens is 363 g/mol. The zero-order valence-electron chi connectivity index (χ0n) is 13.8. The Balaban J connectivity index is 2.36. The van der Waals surface area contributed by atoms with Gasteiger partial charge in [-0.25, -0.2) is 0 Å². The van der Waals surface area contributed by atoms with Gasteiger partial charge in [-0.1, -0.05) is 11.6 Å². The highest BCUT2D eigenvalue weighted by atomic mass is 35.5. The van der Waals surface area contributed by atoms with Crippen LogP contribution in [0.2, 0.25) is 5.02 Å². The number of hydrogen-bond acceptors (Lipinski definition) is 5. The van der Waals surface area contributed by atoms with Crippen molar-refractivity contribution in [1.29, 1.82) is 0 Å². The maximum absolute atomic E-state index is 13.0. The van der Waals surface area contributed by atoms with Crippen LogP contribution in [0.25, 0.3) is 0 Å². The number of alkyl halides is 3. The molecule has 2 atom stereocenters. The quantitative estimate of drug-likeness (QED) is 0.641. The van der Waals surface area contributed by atoms with Crippen LogP contribution in [0.1, 0.15) is 19.4 Å². The van der Waals surface area contributed by atoms with E-state index in [0.29, 0.717) is 32.2 Å². The second-order valence-electron chi connectivity index (χ2n) is 6.23. The van der Waals surface area contributed by atoms with E-state index in [1.54, 1.807) is 11.8 Å². The number of aliphatic hydroxyl groups is 1. The Morgan fingerprint density at radius 1 is 1.44 bits per heavy atom. The molecule has 0 aromatic heterocycles. The van der Waals surface area contributed by atoms with Crippen molar-refractivity contribution in [2.24, 2.45) is 0 Å². The summed E-state index contributed by atoms with van der Waals surface area (Å²) in [5.41, 5.74) is -1.76. The summed E-state index contributed by atoms with van der Waals surface area (Å²) in [4.78, 5) is 14.2. The number of hydrogen-bond donors (Lipinski definition) is 1. The van der Waals surface area contributed by atoms with E-state index in [0.717, 1.165) is 6.07 Å². The minimum atomic E-state index is -4.76. The molecule has 0 spiro atoms. The van der Waals surface area contributed by atoms with Gasteiger partial charge in [-0.2, -0.15) is 13.2 Å². The number of β-amino-alcohol motifs (C(OH)–C–C–N with tert-alkyl or cyclic N) is 1. The molecular formula is C15H19ClF3N3O3. The first-order valence-corrected chi connectivity index (χ1v) is 8.10. The largest absolute Gasteiger partial charge is 0.418 e. The molecule has 1 aromatic rings. The van der Waals surface area contributed by atoms with E-state index in [9.17, 15) is 28.4 Å². The molecule has 25 heavy (non-hydrogen) atoms. The fraction of sp³-hybridized carbons (Fsp3) is 0.600. The molecule has 1 heterocycles. The molecule has 0 bridgehead atoms. The van der Waals surface area contributed by atoms with Crippen molar-refractivity contribution < 1.29 is 23.2 Å². The summed E-state index contributed by atoms with van der Waals surface area (Å²) in [6, 6.07) is 1.33. The van der Waals surface area contributed by atoms with Crippen molar-refractivity contribution in [2.75, 3.05) is 31.1 Å². The predicted molar refractivity (Wildman–Crippen MR) is 88.0 cm³/mol. The molecule has 0 amide bonds. The summed E-state index contributed by atoms with van der Waals surface area (Å²) in [6.07, 6.45) is -5.27. The number of nitro groups is 1. The van der Waals surface area contributed by atoms with E-state index in [4.69, 9.17) is 11.6 Å². The number of nitrogens with zero attached hydrogens (tertiary/aromatic N) is 3. The number of aliphatic hydroxyl groups excluding tert-OH is 1. The normalized spacial score (nSPS) is 20.6. The van der Waals surface area contributed by atoms with Gasteiger partial charge in [-0.15, -0.1) is 0 Å². The SMILES string of the molecule is CC(O)CN1CCN(c2cc(Cl)c(C(F)(F)F)cc2[N+](=O)[O-])C(C)C1. The lowest BCUT2D eigenvalue weighted by atomic mass is 10.1. The van der Waals surface area contributed by atoms with Crippen molar-refractivity contribution in [1.82, 2.24) is 4.90 Å². The fourth-order valence-electron chi connectivity index (χ4n) is 3.08. The van der Waals surface area contributed by atoms with Crippen LogP contribution in [0.15, 0.2) is 12.1 Å². The highest BCUT2D eigenvalue weighted by Crippen LogP contribution is 2.42. The molecule has 1 aliphatic rings. The molecule has 0 aliphatic carbocycles. The van der Waals surface area contributed by atoms with Crippen molar-refractivity contribution in [3.63, 3.8) is 0 Å². The molecule has 1 saturated heterocycles. The third-order valence-corrected chi connectivity index (χ3v) is 4.42. The van der Waals surface area contributed by atoms with Crippen LogP contribution in [-0.2, 0) is 6.18 Å². The van der Waals surface area contributed by atoms with Gasteiger partial charge in [-0.3, -0.25) is 15.0 Å². The van der Waals surface area contributed by atoms with E-state index >= 15 is 0 Å². The maximum atomic E-state index is 13.0. The maximum Gasteiger partial charge on any atom is 0.418 e. The summed E-state index contributed by atoms with van der Waals surface area (Å²) in [6.45, 7) is 5.40. The molecule has 140 valence electrons. The number of piperazine rings is 1. The highest BCUT2D eigenvalue weighted by Gasteiger charge is 2.38. The van der Waals surface area contributed by atoms with Gasteiger partial charge in [0.1, 0.15) is 5.69 Å². The lowest BCUT2D eigenvalue weighted by Crippen LogP contribution is -2.53. The molecule has 1 fully saturated rings. The fourth-order valence-corrected chi connectivity index (χ4v) is 3.34. The average Bonchev–Trinajstić information content (AvgIpc) is 2.44. The van der Waals surface area contributed by atoms with Crippen LogP contribution in [0.3, 0.4) is 0 Å². The van der Waals surface area contributed by atoms with Gasteiger partial charge in [-0.05, 0) is 19.9 Å². The number of anilines is 1. The van der Waals surface area contributed by atoms with Gasteiger partial charge in [0.2, 0.25) is 0 Å².